The second kappa shape index (κ2) is 9.77. The Bertz CT molecular complexity index is 936. The number of likely N-dealkylation sites (tertiary alicyclic amines) is 1. The van der Waals surface area contributed by atoms with Crippen molar-refractivity contribution in [3.8, 4) is 6.07 Å². The molecule has 2 aliphatic heterocycles. The predicted molar refractivity (Wildman–Crippen MR) is 123 cm³/mol. The summed E-state index contributed by atoms with van der Waals surface area (Å²) in [7, 11) is 0. The van der Waals surface area contributed by atoms with Crippen molar-refractivity contribution in [1.29, 1.82) is 5.26 Å². The van der Waals surface area contributed by atoms with Crippen molar-refractivity contribution >= 4 is 11.6 Å². The smallest absolute Gasteiger partial charge is 0.380 e. The molecule has 2 atom stereocenters. The number of hydrogen-bond donors (Lipinski definition) is 0. The maximum Gasteiger partial charge on any atom is 0.417 e. The highest BCUT2D eigenvalue weighted by molar-refractivity contribution is 5.79. The van der Waals surface area contributed by atoms with Gasteiger partial charge in [0.25, 0.3) is 0 Å². The van der Waals surface area contributed by atoms with Gasteiger partial charge in [0.1, 0.15) is 0 Å². The first kappa shape index (κ1) is 24.8. The van der Waals surface area contributed by atoms with Gasteiger partial charge in [0.15, 0.2) is 0 Å². The third kappa shape index (κ3) is 5.05. The van der Waals surface area contributed by atoms with Crippen LogP contribution in [0.15, 0.2) is 18.2 Å². The lowest BCUT2D eigenvalue weighted by molar-refractivity contribution is -0.142. The van der Waals surface area contributed by atoms with Crippen LogP contribution >= 0.6 is 0 Å². The van der Waals surface area contributed by atoms with E-state index in [-0.39, 0.29) is 28.7 Å². The molecule has 34 heavy (non-hydrogen) atoms. The van der Waals surface area contributed by atoms with E-state index in [1.165, 1.54) is 18.9 Å². The average molecular weight is 478 g/mol. The summed E-state index contributed by atoms with van der Waals surface area (Å²) in [4.78, 5) is 17.1. The number of halogens is 3. The molecule has 0 N–H and O–H groups in total. The van der Waals surface area contributed by atoms with Crippen LogP contribution in [0.25, 0.3) is 0 Å². The van der Waals surface area contributed by atoms with Gasteiger partial charge < -0.3 is 14.5 Å². The number of amides is 1. The van der Waals surface area contributed by atoms with E-state index in [1.807, 2.05) is 23.6 Å². The second-order valence-electron chi connectivity index (χ2n) is 10.3. The normalized spacial score (nSPS) is 24.9. The molecule has 4 rings (SSSR count). The molecule has 0 spiro atoms. The Hall–Kier alpha value is -2.27. The summed E-state index contributed by atoms with van der Waals surface area (Å²) in [5.41, 5.74) is -1.09. The van der Waals surface area contributed by atoms with Crippen LogP contribution in [0.3, 0.4) is 0 Å². The second-order valence-corrected chi connectivity index (χ2v) is 10.3. The van der Waals surface area contributed by atoms with Crippen LogP contribution in [0.2, 0.25) is 0 Å². The first-order chi connectivity index (χ1) is 16.2. The number of alkyl halides is 3. The molecule has 186 valence electrons. The molecule has 0 aromatic heterocycles. The summed E-state index contributed by atoms with van der Waals surface area (Å²) in [5.74, 6) is 1.04. The fraction of sp³-hybridized carbons (Fsp3) is 0.692. The number of nitriles is 1. The SMILES string of the molecule is CCC(CC)C(=O)N1CCC2CN(c3ccc(C#N)c(C(F)(F)F)c3)CC2(COCC2CC2)C1. The number of carbonyl (C=O) groups is 1. The lowest BCUT2D eigenvalue weighted by Gasteiger charge is -2.44. The molecular weight excluding hydrogens is 443 g/mol. The van der Waals surface area contributed by atoms with Gasteiger partial charge in [0.05, 0.1) is 23.8 Å². The molecule has 0 radical (unpaired) electrons. The summed E-state index contributed by atoms with van der Waals surface area (Å²) in [6.07, 6.45) is 0.214. The minimum Gasteiger partial charge on any atom is -0.380 e. The lowest BCUT2D eigenvalue weighted by Crippen LogP contribution is -2.54. The summed E-state index contributed by atoms with van der Waals surface area (Å²) >= 11 is 0. The Balaban J connectivity index is 1.58. The highest BCUT2D eigenvalue weighted by atomic mass is 19.4. The predicted octanol–water partition coefficient (Wildman–Crippen LogP) is 5.09. The minimum atomic E-state index is -4.59. The number of anilines is 1. The molecule has 1 saturated carbocycles. The molecule has 8 heteroatoms. The Morgan fingerprint density at radius 2 is 1.97 bits per heavy atom. The fourth-order valence-corrected chi connectivity index (χ4v) is 5.65. The van der Waals surface area contributed by atoms with E-state index in [9.17, 15) is 18.0 Å². The van der Waals surface area contributed by atoms with Crippen molar-refractivity contribution in [3.63, 3.8) is 0 Å². The van der Waals surface area contributed by atoms with E-state index in [0.29, 0.717) is 51.0 Å². The number of ether oxygens (including phenoxy) is 1. The topological polar surface area (TPSA) is 56.6 Å². The highest BCUT2D eigenvalue weighted by Gasteiger charge is 2.51. The fourth-order valence-electron chi connectivity index (χ4n) is 5.65. The first-order valence-corrected chi connectivity index (χ1v) is 12.4. The van der Waals surface area contributed by atoms with E-state index in [4.69, 9.17) is 10.00 Å². The summed E-state index contributed by atoms with van der Waals surface area (Å²) < 4.78 is 46.9. The number of fused-ring (bicyclic) bond motifs is 1. The van der Waals surface area contributed by atoms with Crippen molar-refractivity contribution < 1.29 is 22.7 Å². The molecule has 1 aromatic carbocycles. The van der Waals surface area contributed by atoms with Gasteiger partial charge in [0, 0.05) is 49.8 Å². The van der Waals surface area contributed by atoms with Crippen molar-refractivity contribution in [2.45, 2.75) is 52.1 Å². The molecule has 1 amide bonds. The van der Waals surface area contributed by atoms with E-state index < -0.39 is 11.7 Å². The van der Waals surface area contributed by atoms with Crippen LogP contribution in [-0.2, 0) is 15.7 Å². The summed E-state index contributed by atoms with van der Waals surface area (Å²) in [6, 6.07) is 5.63. The zero-order chi connectivity index (χ0) is 24.5. The van der Waals surface area contributed by atoms with Crippen LogP contribution in [-0.4, -0.2) is 50.2 Å². The highest BCUT2D eigenvalue weighted by Crippen LogP contribution is 2.46. The lowest BCUT2D eigenvalue weighted by atomic mass is 9.73. The van der Waals surface area contributed by atoms with Crippen molar-refractivity contribution in [2.75, 3.05) is 44.3 Å². The van der Waals surface area contributed by atoms with Gasteiger partial charge in [-0.25, -0.2) is 0 Å². The number of rotatable bonds is 8. The standard InChI is InChI=1S/C26H34F3N3O2/c1-3-19(4-2)24(33)31-10-9-21-13-32(16-25(21,15-31)17-34-14-18-5-6-18)22-8-7-20(12-30)23(11-22)26(27,28)29/h7-8,11,18-19,21H,3-6,9-10,13-17H2,1-2H3. The minimum absolute atomic E-state index is 0.00589. The Morgan fingerprint density at radius 3 is 2.59 bits per heavy atom. The number of carbonyl (C=O) groups excluding carboxylic acids is 1. The molecule has 1 aliphatic carbocycles. The zero-order valence-electron chi connectivity index (χ0n) is 20.0. The molecule has 2 saturated heterocycles. The van der Waals surface area contributed by atoms with Crippen LogP contribution < -0.4 is 4.90 Å². The third-order valence-electron chi connectivity index (χ3n) is 7.95. The molecule has 0 bridgehead atoms. The number of benzene rings is 1. The number of nitrogens with zero attached hydrogens (tertiary/aromatic N) is 3. The van der Waals surface area contributed by atoms with Crippen LogP contribution in [0.5, 0.6) is 0 Å². The molecule has 3 fully saturated rings. The van der Waals surface area contributed by atoms with Gasteiger partial charge in [-0.2, -0.15) is 18.4 Å². The molecule has 5 nitrogen and oxygen atoms in total. The quantitative estimate of drug-likeness (QED) is 0.523. The zero-order valence-corrected chi connectivity index (χ0v) is 20.0. The summed E-state index contributed by atoms with van der Waals surface area (Å²) in [6.45, 7) is 7.72. The van der Waals surface area contributed by atoms with E-state index in [1.54, 1.807) is 12.1 Å². The molecule has 1 aromatic rings. The molecular formula is C26H34F3N3O2. The van der Waals surface area contributed by atoms with Crippen molar-refractivity contribution in [2.24, 2.45) is 23.2 Å². The molecule has 2 heterocycles. The van der Waals surface area contributed by atoms with Gasteiger partial charge in [-0.3, -0.25) is 4.79 Å². The maximum atomic E-state index is 13.6. The first-order valence-electron chi connectivity index (χ1n) is 12.4. The molecule has 2 unspecified atom stereocenters. The van der Waals surface area contributed by atoms with Crippen LogP contribution in [0.4, 0.5) is 18.9 Å². The number of hydrogen-bond acceptors (Lipinski definition) is 4. The van der Waals surface area contributed by atoms with Crippen LogP contribution in [0.1, 0.15) is 57.1 Å². The molecule has 3 aliphatic rings. The summed E-state index contributed by atoms with van der Waals surface area (Å²) in [5, 5.41) is 9.14. The number of piperidine rings is 1. The van der Waals surface area contributed by atoms with Crippen LogP contribution in [0, 0.1) is 34.5 Å². The van der Waals surface area contributed by atoms with E-state index in [2.05, 4.69) is 0 Å². The Kier molecular flexibility index (Phi) is 7.14. The Labute approximate surface area is 199 Å². The van der Waals surface area contributed by atoms with Gasteiger partial charge >= 0.3 is 6.18 Å². The van der Waals surface area contributed by atoms with E-state index >= 15 is 0 Å². The maximum absolute atomic E-state index is 13.6. The van der Waals surface area contributed by atoms with Gasteiger partial charge in [-0.15, -0.1) is 0 Å². The third-order valence-corrected chi connectivity index (χ3v) is 7.95. The Morgan fingerprint density at radius 1 is 1.24 bits per heavy atom. The monoisotopic (exact) mass is 477 g/mol. The van der Waals surface area contributed by atoms with Gasteiger partial charge in [-0.05, 0) is 62.1 Å². The van der Waals surface area contributed by atoms with Crippen molar-refractivity contribution in [3.05, 3.63) is 29.3 Å². The van der Waals surface area contributed by atoms with E-state index in [0.717, 1.165) is 25.3 Å². The van der Waals surface area contributed by atoms with Crippen molar-refractivity contribution in [1.82, 2.24) is 4.90 Å². The largest absolute Gasteiger partial charge is 0.417 e. The van der Waals surface area contributed by atoms with Gasteiger partial charge in [0.2, 0.25) is 5.91 Å². The average Bonchev–Trinajstić information content (AvgIpc) is 3.56. The van der Waals surface area contributed by atoms with Gasteiger partial charge in [-0.1, -0.05) is 13.8 Å².